The molecule has 1 aromatic carbocycles. The first kappa shape index (κ1) is 13.1. The highest BCUT2D eigenvalue weighted by atomic mass is 16.5. The van der Waals surface area contributed by atoms with Gasteiger partial charge in [0.1, 0.15) is 0 Å². The molecule has 2 aromatic rings. The van der Waals surface area contributed by atoms with E-state index in [-0.39, 0.29) is 6.10 Å². The predicted octanol–water partition coefficient (Wildman–Crippen LogP) is 1.56. The summed E-state index contributed by atoms with van der Waals surface area (Å²) in [6.07, 6.45) is 2.24. The van der Waals surface area contributed by atoms with Gasteiger partial charge in [0, 0.05) is 31.9 Å². The van der Waals surface area contributed by atoms with Gasteiger partial charge < -0.3 is 15.4 Å². The van der Waals surface area contributed by atoms with Crippen LogP contribution < -0.4 is 10.6 Å². The molecule has 2 heterocycles. The third-order valence-corrected chi connectivity index (χ3v) is 3.60. The van der Waals surface area contributed by atoms with Gasteiger partial charge in [0.15, 0.2) is 5.82 Å². The number of benzene rings is 1. The van der Waals surface area contributed by atoms with Crippen LogP contribution in [-0.4, -0.2) is 35.6 Å². The van der Waals surface area contributed by atoms with Crippen LogP contribution in [0.5, 0.6) is 0 Å². The molecule has 1 saturated heterocycles. The lowest BCUT2D eigenvalue weighted by Crippen LogP contribution is -2.41. The molecule has 20 heavy (non-hydrogen) atoms. The first-order valence-electron chi connectivity index (χ1n) is 6.98. The van der Waals surface area contributed by atoms with Gasteiger partial charge in [0.05, 0.1) is 18.4 Å². The van der Waals surface area contributed by atoms with E-state index in [2.05, 4.69) is 16.9 Å². The van der Waals surface area contributed by atoms with Crippen molar-refractivity contribution >= 4 is 5.82 Å². The minimum Gasteiger partial charge on any atom is -0.375 e. The van der Waals surface area contributed by atoms with Crippen molar-refractivity contribution in [1.82, 2.24) is 9.78 Å². The minimum atomic E-state index is 0.255. The Bertz CT molecular complexity index is 581. The molecular weight excluding hydrogens is 252 g/mol. The molecule has 1 aliphatic heterocycles. The fourth-order valence-electron chi connectivity index (χ4n) is 2.55. The monoisotopic (exact) mass is 272 g/mol. The molecule has 0 aliphatic carbocycles. The molecule has 0 saturated carbocycles. The Balaban J connectivity index is 1.86. The molecule has 1 fully saturated rings. The Hall–Kier alpha value is -1.85. The predicted molar refractivity (Wildman–Crippen MR) is 79.1 cm³/mol. The van der Waals surface area contributed by atoms with Gasteiger partial charge in [-0.3, -0.25) is 0 Å². The topological polar surface area (TPSA) is 56.3 Å². The lowest BCUT2D eigenvalue weighted by Gasteiger charge is -2.31. The lowest BCUT2D eigenvalue weighted by molar-refractivity contribution is 0.0529. The fraction of sp³-hybridized carbons (Fsp3) is 0.400. The van der Waals surface area contributed by atoms with Crippen LogP contribution in [-0.2, 0) is 11.3 Å². The summed E-state index contributed by atoms with van der Waals surface area (Å²) in [7, 11) is 0. The first-order chi connectivity index (χ1) is 9.78. The van der Waals surface area contributed by atoms with Gasteiger partial charge in [-0.05, 0) is 18.6 Å². The summed E-state index contributed by atoms with van der Waals surface area (Å²) in [5.41, 5.74) is 7.93. The number of hydrogen-bond acceptors (Lipinski definition) is 4. The number of rotatable bonds is 3. The summed E-state index contributed by atoms with van der Waals surface area (Å²) in [5.74, 6) is 0.993. The number of morpholine rings is 1. The van der Waals surface area contributed by atoms with E-state index in [4.69, 9.17) is 10.5 Å². The zero-order valence-corrected chi connectivity index (χ0v) is 11.7. The summed E-state index contributed by atoms with van der Waals surface area (Å²) in [5, 5.41) is 4.68. The Morgan fingerprint density at radius 2 is 2.20 bits per heavy atom. The highest BCUT2D eigenvalue weighted by Gasteiger charge is 2.19. The molecule has 5 heteroatoms. The molecule has 106 valence electrons. The maximum atomic E-state index is 5.79. The van der Waals surface area contributed by atoms with E-state index in [0.717, 1.165) is 36.8 Å². The quantitative estimate of drug-likeness (QED) is 0.921. The van der Waals surface area contributed by atoms with Crippen LogP contribution in [0, 0.1) is 0 Å². The highest BCUT2D eigenvalue weighted by molar-refractivity contribution is 5.44. The molecule has 2 N–H and O–H groups in total. The Morgan fingerprint density at radius 3 is 3.00 bits per heavy atom. The van der Waals surface area contributed by atoms with Crippen molar-refractivity contribution in [2.24, 2.45) is 5.73 Å². The molecule has 0 unspecified atom stereocenters. The normalized spacial score (nSPS) is 19.3. The maximum Gasteiger partial charge on any atom is 0.151 e. The summed E-state index contributed by atoms with van der Waals surface area (Å²) >= 11 is 0. The molecule has 1 aliphatic rings. The van der Waals surface area contributed by atoms with Gasteiger partial charge in [-0.15, -0.1) is 0 Å². The standard InChI is InChI=1S/C15H20N4O/c1-12-11-18(8-9-20-12)15-6-7-19(17-15)14-5-3-2-4-13(14)10-16/h2-7,12H,8-11,16H2,1H3/t12-/m1/s1. The number of anilines is 1. The van der Waals surface area contributed by atoms with Crippen molar-refractivity contribution in [2.75, 3.05) is 24.6 Å². The van der Waals surface area contributed by atoms with Crippen molar-refractivity contribution in [3.8, 4) is 5.69 Å². The van der Waals surface area contributed by atoms with Crippen LogP contribution in [0.4, 0.5) is 5.82 Å². The first-order valence-corrected chi connectivity index (χ1v) is 6.98. The van der Waals surface area contributed by atoms with Crippen molar-refractivity contribution in [1.29, 1.82) is 0 Å². The van der Waals surface area contributed by atoms with Crippen molar-refractivity contribution in [3.05, 3.63) is 42.1 Å². The van der Waals surface area contributed by atoms with Crippen LogP contribution in [0.25, 0.3) is 5.69 Å². The van der Waals surface area contributed by atoms with Gasteiger partial charge in [-0.25, -0.2) is 4.68 Å². The van der Waals surface area contributed by atoms with Gasteiger partial charge in [0.2, 0.25) is 0 Å². The number of ether oxygens (including phenoxy) is 1. The number of hydrogen-bond donors (Lipinski definition) is 1. The maximum absolute atomic E-state index is 5.79. The van der Waals surface area contributed by atoms with E-state index in [1.165, 1.54) is 0 Å². The number of nitrogens with zero attached hydrogens (tertiary/aromatic N) is 3. The second-order valence-electron chi connectivity index (χ2n) is 5.08. The van der Waals surface area contributed by atoms with Gasteiger partial charge in [-0.2, -0.15) is 5.10 Å². The lowest BCUT2D eigenvalue weighted by atomic mass is 10.2. The molecular formula is C15H20N4O. The molecule has 3 rings (SSSR count). The largest absolute Gasteiger partial charge is 0.375 e. The van der Waals surface area contributed by atoms with E-state index < -0.39 is 0 Å². The summed E-state index contributed by atoms with van der Waals surface area (Å²) in [6.45, 7) is 5.13. The number of nitrogens with two attached hydrogens (primary N) is 1. The van der Waals surface area contributed by atoms with Crippen LogP contribution in [0.15, 0.2) is 36.5 Å². The van der Waals surface area contributed by atoms with E-state index in [1.807, 2.05) is 41.2 Å². The van der Waals surface area contributed by atoms with Crippen molar-refractivity contribution in [2.45, 2.75) is 19.6 Å². The smallest absolute Gasteiger partial charge is 0.151 e. The van der Waals surface area contributed by atoms with Crippen molar-refractivity contribution < 1.29 is 4.74 Å². The zero-order valence-electron chi connectivity index (χ0n) is 11.7. The molecule has 5 nitrogen and oxygen atoms in total. The van der Waals surface area contributed by atoms with Gasteiger partial charge in [0.25, 0.3) is 0 Å². The Labute approximate surface area is 118 Å². The highest BCUT2D eigenvalue weighted by Crippen LogP contribution is 2.19. The Kier molecular flexibility index (Phi) is 3.71. The molecule has 1 aromatic heterocycles. The average molecular weight is 272 g/mol. The number of para-hydroxylation sites is 1. The zero-order chi connectivity index (χ0) is 13.9. The van der Waals surface area contributed by atoms with E-state index in [1.54, 1.807) is 0 Å². The van der Waals surface area contributed by atoms with Crippen molar-refractivity contribution in [3.63, 3.8) is 0 Å². The molecule has 0 bridgehead atoms. The van der Waals surface area contributed by atoms with E-state index >= 15 is 0 Å². The molecule has 0 radical (unpaired) electrons. The van der Waals surface area contributed by atoms with E-state index in [0.29, 0.717) is 6.54 Å². The van der Waals surface area contributed by atoms with Crippen LogP contribution in [0.2, 0.25) is 0 Å². The third kappa shape index (κ3) is 2.55. The second-order valence-corrected chi connectivity index (χ2v) is 5.08. The van der Waals surface area contributed by atoms with E-state index in [9.17, 15) is 0 Å². The van der Waals surface area contributed by atoms with Gasteiger partial charge in [-0.1, -0.05) is 18.2 Å². The fourth-order valence-corrected chi connectivity index (χ4v) is 2.55. The Morgan fingerprint density at radius 1 is 1.35 bits per heavy atom. The van der Waals surface area contributed by atoms with Crippen LogP contribution in [0.3, 0.4) is 0 Å². The minimum absolute atomic E-state index is 0.255. The number of aromatic nitrogens is 2. The summed E-state index contributed by atoms with van der Waals surface area (Å²) < 4.78 is 7.47. The summed E-state index contributed by atoms with van der Waals surface area (Å²) in [4.78, 5) is 2.26. The van der Waals surface area contributed by atoms with Crippen LogP contribution >= 0.6 is 0 Å². The molecule has 1 atom stereocenters. The average Bonchev–Trinajstić information content (AvgIpc) is 2.97. The molecule has 0 amide bonds. The van der Waals surface area contributed by atoms with Gasteiger partial charge >= 0.3 is 0 Å². The third-order valence-electron chi connectivity index (χ3n) is 3.60. The van der Waals surface area contributed by atoms with Crippen LogP contribution in [0.1, 0.15) is 12.5 Å². The second kappa shape index (κ2) is 5.64. The summed E-state index contributed by atoms with van der Waals surface area (Å²) in [6, 6.07) is 10.1. The SMILES string of the molecule is C[C@@H]1CN(c2ccn(-c3ccccc3CN)n2)CCO1. The molecule has 0 spiro atoms.